The minimum Gasteiger partial charge on any atom is -0.481 e. The first-order chi connectivity index (χ1) is 17.3. The Morgan fingerprint density at radius 2 is 1.89 bits per heavy atom. The predicted octanol–water partition coefficient (Wildman–Crippen LogP) is 5.20. The van der Waals surface area contributed by atoms with Gasteiger partial charge in [0, 0.05) is 37.5 Å². The molecule has 7 nitrogen and oxygen atoms in total. The number of ether oxygens (including phenoxy) is 1. The van der Waals surface area contributed by atoms with Crippen molar-refractivity contribution in [3.8, 4) is 28.6 Å². The van der Waals surface area contributed by atoms with Crippen molar-refractivity contribution in [1.82, 2.24) is 15.0 Å². The number of anilines is 1. The van der Waals surface area contributed by atoms with E-state index in [9.17, 15) is 31.1 Å². The van der Waals surface area contributed by atoms with E-state index in [1.54, 1.807) is 26.2 Å². The maximum Gasteiger partial charge on any atom is 0.425 e. The summed E-state index contributed by atoms with van der Waals surface area (Å²) in [6.07, 6.45) is -11.7. The Balaban J connectivity index is 1.64. The van der Waals surface area contributed by atoms with Gasteiger partial charge in [-0.15, -0.1) is 0 Å². The average molecular weight is 528 g/mol. The van der Waals surface area contributed by atoms with Crippen molar-refractivity contribution in [3.05, 3.63) is 47.5 Å². The van der Waals surface area contributed by atoms with Gasteiger partial charge in [-0.3, -0.25) is 4.79 Å². The smallest absolute Gasteiger partial charge is 0.425 e. The summed E-state index contributed by atoms with van der Waals surface area (Å²) in [4.78, 5) is 19.8. The first-order valence-electron chi connectivity index (χ1n) is 11.1. The second-order valence-electron chi connectivity index (χ2n) is 8.70. The van der Waals surface area contributed by atoms with Gasteiger partial charge in [0.05, 0.1) is 12.1 Å². The van der Waals surface area contributed by atoms with Crippen LogP contribution < -0.4 is 9.64 Å². The van der Waals surface area contributed by atoms with E-state index in [4.69, 9.17) is 4.52 Å². The number of benzene rings is 2. The molecule has 1 aliphatic heterocycles. The molecule has 0 saturated carbocycles. The summed E-state index contributed by atoms with van der Waals surface area (Å²) < 4.78 is 89.1. The first kappa shape index (κ1) is 26.3. The molecule has 0 aliphatic carbocycles. The molecule has 0 radical (unpaired) electrons. The molecule has 0 N–H and O–H groups in total. The SMILES string of the molecule is CC(Oc1ccc(-c2nc(-c3cccc4c3CCN4CC(=O)N(C)C)no2)cc1C(F)(F)F)C(F)(F)F. The van der Waals surface area contributed by atoms with Crippen molar-refractivity contribution in [2.75, 3.05) is 32.1 Å². The third-order valence-corrected chi connectivity index (χ3v) is 5.91. The molecular formula is C24H22F6N4O3. The van der Waals surface area contributed by atoms with Gasteiger partial charge in [0.2, 0.25) is 11.7 Å². The highest BCUT2D eigenvalue weighted by Crippen LogP contribution is 2.41. The quantitative estimate of drug-likeness (QED) is 0.410. The summed E-state index contributed by atoms with van der Waals surface area (Å²) in [7, 11) is 3.33. The van der Waals surface area contributed by atoms with Crippen LogP contribution in [0.3, 0.4) is 0 Å². The van der Waals surface area contributed by atoms with Gasteiger partial charge in [-0.1, -0.05) is 17.3 Å². The zero-order valence-corrected chi connectivity index (χ0v) is 19.9. The highest BCUT2D eigenvalue weighted by molar-refractivity contribution is 5.83. The summed E-state index contributed by atoms with van der Waals surface area (Å²) >= 11 is 0. The molecule has 37 heavy (non-hydrogen) atoms. The van der Waals surface area contributed by atoms with E-state index in [0.717, 1.165) is 23.4 Å². The highest BCUT2D eigenvalue weighted by Gasteiger charge is 2.41. The van der Waals surface area contributed by atoms with E-state index >= 15 is 0 Å². The standard InChI is InChI=1S/C24H22F6N4O3/c1-13(23(25,26)27)36-19-8-7-14(11-17(19)24(28,29)30)22-31-21(32-37-22)16-5-4-6-18-15(16)9-10-34(18)12-20(35)33(2)3/h4-8,11,13H,9-10,12H2,1-3H3. The van der Waals surface area contributed by atoms with Crippen LogP contribution in [0.5, 0.6) is 5.75 Å². The molecule has 1 atom stereocenters. The van der Waals surface area contributed by atoms with Gasteiger partial charge in [-0.25, -0.2) is 0 Å². The van der Waals surface area contributed by atoms with Crippen molar-refractivity contribution in [2.45, 2.75) is 31.8 Å². The van der Waals surface area contributed by atoms with Crippen LogP contribution in [0.15, 0.2) is 40.9 Å². The van der Waals surface area contributed by atoms with Gasteiger partial charge >= 0.3 is 12.4 Å². The van der Waals surface area contributed by atoms with Crippen LogP contribution >= 0.6 is 0 Å². The lowest BCUT2D eigenvalue weighted by atomic mass is 10.0. The summed E-state index contributed by atoms with van der Waals surface area (Å²) in [6, 6.07) is 7.87. The molecule has 2 heterocycles. The average Bonchev–Trinajstić information content (AvgIpc) is 3.45. The number of aromatic nitrogens is 2. The van der Waals surface area contributed by atoms with Crippen molar-refractivity contribution < 1.29 is 40.4 Å². The summed E-state index contributed by atoms with van der Waals surface area (Å²) in [5, 5.41) is 3.91. The molecule has 0 saturated heterocycles. The summed E-state index contributed by atoms with van der Waals surface area (Å²) in [5.41, 5.74) is 0.745. The van der Waals surface area contributed by atoms with E-state index in [-0.39, 0.29) is 29.7 Å². The molecule has 198 valence electrons. The number of halogens is 6. The van der Waals surface area contributed by atoms with Gasteiger partial charge in [-0.2, -0.15) is 31.3 Å². The lowest BCUT2D eigenvalue weighted by molar-refractivity contribution is -0.191. The van der Waals surface area contributed by atoms with Gasteiger partial charge in [0.25, 0.3) is 5.89 Å². The molecule has 2 aromatic carbocycles. The maximum atomic E-state index is 13.6. The van der Waals surface area contributed by atoms with Crippen molar-refractivity contribution in [3.63, 3.8) is 0 Å². The first-order valence-corrected chi connectivity index (χ1v) is 11.1. The van der Waals surface area contributed by atoms with Crippen LogP contribution in [0.25, 0.3) is 22.8 Å². The van der Waals surface area contributed by atoms with Gasteiger partial charge in [-0.05, 0) is 43.2 Å². The Hall–Kier alpha value is -3.77. The van der Waals surface area contributed by atoms with Crippen molar-refractivity contribution in [1.29, 1.82) is 0 Å². The van der Waals surface area contributed by atoms with E-state index in [2.05, 4.69) is 14.9 Å². The number of alkyl halides is 6. The largest absolute Gasteiger partial charge is 0.481 e. The van der Waals surface area contributed by atoms with Crippen molar-refractivity contribution in [2.24, 2.45) is 0 Å². The molecule has 0 spiro atoms. The van der Waals surface area contributed by atoms with Crippen LogP contribution in [0.4, 0.5) is 32.0 Å². The Bertz CT molecular complexity index is 1300. The van der Waals surface area contributed by atoms with E-state index in [1.807, 2.05) is 11.0 Å². The van der Waals surface area contributed by atoms with E-state index in [1.165, 1.54) is 4.90 Å². The molecule has 4 rings (SSSR count). The number of carbonyl (C=O) groups is 1. The fourth-order valence-electron chi connectivity index (χ4n) is 3.87. The molecule has 0 fully saturated rings. The second kappa shape index (κ2) is 9.60. The van der Waals surface area contributed by atoms with Gasteiger partial charge < -0.3 is 19.1 Å². The fourth-order valence-corrected chi connectivity index (χ4v) is 3.87. The Morgan fingerprint density at radius 1 is 1.16 bits per heavy atom. The molecule has 3 aromatic rings. The zero-order chi connectivity index (χ0) is 27.1. The topological polar surface area (TPSA) is 71.7 Å². The predicted molar refractivity (Wildman–Crippen MR) is 121 cm³/mol. The number of hydrogen-bond acceptors (Lipinski definition) is 6. The summed E-state index contributed by atoms with van der Waals surface area (Å²) in [6.45, 7) is 1.39. The third-order valence-electron chi connectivity index (χ3n) is 5.91. The number of fused-ring (bicyclic) bond motifs is 1. The molecule has 1 aromatic heterocycles. The molecule has 1 aliphatic rings. The molecule has 13 heteroatoms. The van der Waals surface area contributed by atoms with Gasteiger partial charge in [0.1, 0.15) is 5.75 Å². The van der Waals surface area contributed by atoms with Crippen LogP contribution in [0.1, 0.15) is 18.1 Å². The van der Waals surface area contributed by atoms with E-state index < -0.39 is 29.8 Å². The van der Waals surface area contributed by atoms with Crippen molar-refractivity contribution >= 4 is 11.6 Å². The Labute approximate surface area is 207 Å². The summed E-state index contributed by atoms with van der Waals surface area (Å²) in [5.74, 6) is -1.15. The fraction of sp³-hybridized carbons (Fsp3) is 0.375. The molecule has 1 unspecified atom stereocenters. The zero-order valence-electron chi connectivity index (χ0n) is 19.9. The molecule has 0 bridgehead atoms. The Morgan fingerprint density at radius 3 is 2.54 bits per heavy atom. The third kappa shape index (κ3) is 5.49. The second-order valence-corrected chi connectivity index (χ2v) is 8.70. The number of carbonyl (C=O) groups excluding carboxylic acids is 1. The van der Waals surface area contributed by atoms with Crippen LogP contribution in [0, 0.1) is 0 Å². The number of hydrogen-bond donors (Lipinski definition) is 0. The lowest BCUT2D eigenvalue weighted by Gasteiger charge is -2.21. The lowest BCUT2D eigenvalue weighted by Crippen LogP contribution is -2.35. The minimum absolute atomic E-state index is 0.0716. The van der Waals surface area contributed by atoms with E-state index in [0.29, 0.717) is 31.5 Å². The monoisotopic (exact) mass is 528 g/mol. The number of nitrogens with zero attached hydrogens (tertiary/aromatic N) is 4. The van der Waals surface area contributed by atoms with Crippen LogP contribution in [-0.2, 0) is 17.4 Å². The number of rotatable bonds is 6. The molecule has 1 amide bonds. The van der Waals surface area contributed by atoms with Gasteiger partial charge in [0.15, 0.2) is 6.10 Å². The normalized spacial score (nSPS) is 14.5. The van der Waals surface area contributed by atoms with Crippen LogP contribution in [0.2, 0.25) is 0 Å². The minimum atomic E-state index is -4.99. The number of likely N-dealkylation sites (N-methyl/N-ethyl adjacent to an activating group) is 1. The highest BCUT2D eigenvalue weighted by atomic mass is 19.4. The molecular weight excluding hydrogens is 506 g/mol. The number of amides is 1. The van der Waals surface area contributed by atoms with Crippen LogP contribution in [-0.4, -0.2) is 60.4 Å². The maximum absolute atomic E-state index is 13.6. The Kier molecular flexibility index (Phi) is 6.82.